The number of thioether (sulfide) groups is 3. The van der Waals surface area contributed by atoms with Crippen LogP contribution in [0.4, 0.5) is 11.4 Å². The van der Waals surface area contributed by atoms with Gasteiger partial charge in [-0.15, -0.1) is 40.2 Å². The molecule has 2 atom stereocenters. The average molecular weight is 1610 g/mol. The third kappa shape index (κ3) is 29.7. The SMILES string of the molecule is C=Nc1cc(C(N)=O)ccc1I.CC(=O)CNC(=O)C(CSc1ccc(C(=O)O)cc1N=O)NC(=O)CCC(N)C(=O)O.CSc1ccc(C(N)=O)cc1C.CSc1ccc(C(N)=O)cc1C.Cc1cc(C(N)=O)ccc1I.Cc1cc(C(N)=O)ccc1I. The van der Waals surface area contributed by atoms with Crippen LogP contribution in [0.3, 0.4) is 0 Å². The number of nitrogens with zero attached hydrogens (tertiary/aromatic N) is 2. The molecule has 0 aliphatic carbocycles. The van der Waals surface area contributed by atoms with Crippen molar-refractivity contribution < 1.29 is 58.2 Å². The van der Waals surface area contributed by atoms with Crippen molar-refractivity contribution >= 4 is 180 Å². The number of hydrogen-bond acceptors (Lipinski definition) is 17. The number of hydrogen-bond donors (Lipinski definition) is 10. The van der Waals surface area contributed by atoms with Crippen LogP contribution in [-0.4, -0.2) is 113 Å². The van der Waals surface area contributed by atoms with Crippen molar-refractivity contribution in [3.05, 3.63) is 180 Å². The first kappa shape index (κ1) is 79.7. The molecule has 7 amide bonds. The highest BCUT2D eigenvalue weighted by atomic mass is 127. The Hall–Kier alpha value is -7.31. The number of amides is 7. The van der Waals surface area contributed by atoms with Crippen LogP contribution in [0.2, 0.25) is 0 Å². The maximum absolute atomic E-state index is 12.4. The Morgan fingerprint density at radius 1 is 0.551 bits per heavy atom. The number of aromatic carboxylic acids is 1. The highest BCUT2D eigenvalue weighted by molar-refractivity contribution is 14.1. The van der Waals surface area contributed by atoms with E-state index in [0.717, 1.165) is 50.8 Å². The number of benzene rings is 6. The van der Waals surface area contributed by atoms with Crippen LogP contribution in [0.25, 0.3) is 0 Å². The minimum absolute atomic E-state index is 0.0740. The normalized spacial score (nSPS) is 10.6. The Bertz CT molecular complexity index is 3450. The van der Waals surface area contributed by atoms with Gasteiger partial charge in [-0.1, -0.05) is 0 Å². The minimum atomic E-state index is -1.27. The van der Waals surface area contributed by atoms with E-state index in [-0.39, 0.29) is 70.7 Å². The summed E-state index contributed by atoms with van der Waals surface area (Å²) in [4.78, 5) is 128. The molecule has 0 aromatic heterocycles. The first-order valence-electron chi connectivity index (χ1n) is 25.7. The van der Waals surface area contributed by atoms with E-state index in [1.165, 1.54) is 28.8 Å². The summed E-state index contributed by atoms with van der Waals surface area (Å²) in [7, 11) is 0. The number of primary amides is 5. The summed E-state index contributed by atoms with van der Waals surface area (Å²) >= 11 is 10.8. The molecule has 89 heavy (non-hydrogen) atoms. The molecule has 0 saturated heterocycles. The number of rotatable bonds is 21. The molecule has 6 rings (SSSR count). The van der Waals surface area contributed by atoms with Crippen molar-refractivity contribution in [3.63, 3.8) is 0 Å². The van der Waals surface area contributed by atoms with Gasteiger partial charge in [0.15, 0.2) is 0 Å². The molecule has 0 fully saturated rings. The number of nitrogens with two attached hydrogens (primary N) is 6. The lowest BCUT2D eigenvalue weighted by Crippen LogP contribution is -2.49. The lowest BCUT2D eigenvalue weighted by molar-refractivity contribution is -0.139. The Morgan fingerprint density at radius 2 is 0.921 bits per heavy atom. The fraction of sp³-hybridized carbons (Fsp3) is 0.217. The molecule has 0 bridgehead atoms. The quantitative estimate of drug-likeness (QED) is 0.0139. The van der Waals surface area contributed by atoms with Gasteiger partial charge in [0.1, 0.15) is 23.6 Å². The molecule has 0 aliphatic rings. The second-order valence-electron chi connectivity index (χ2n) is 18.4. The zero-order valence-corrected chi connectivity index (χ0v) is 58.1. The van der Waals surface area contributed by atoms with Gasteiger partial charge in [0, 0.05) is 65.4 Å². The number of Topliss-reactive ketones (excluding diaryl/α,β-unsaturated/α-hetero) is 1. The van der Waals surface area contributed by atoms with Crippen LogP contribution in [-0.2, 0) is 19.2 Å². The number of halogens is 3. The Balaban J connectivity index is 0.000000571. The number of carbonyl (C=O) groups is 10. The molecule has 16 N–H and O–H groups in total. The summed E-state index contributed by atoms with van der Waals surface area (Å²) in [5, 5.41) is 25.3. The van der Waals surface area contributed by atoms with Crippen LogP contribution in [0.1, 0.15) is 104 Å². The Kier molecular flexibility index (Phi) is 36.8. The second kappa shape index (κ2) is 41.1. The van der Waals surface area contributed by atoms with Crippen molar-refractivity contribution in [2.45, 2.75) is 74.2 Å². The number of aliphatic carboxylic acids is 1. The Labute approximate surface area is 568 Å². The molecular weight excluding hydrogens is 1550 g/mol. The molecule has 29 heteroatoms. The van der Waals surface area contributed by atoms with Gasteiger partial charge in [0.05, 0.1) is 17.8 Å². The first-order chi connectivity index (χ1) is 41.7. The smallest absolute Gasteiger partial charge is 0.335 e. The third-order valence-corrected chi connectivity index (χ3v) is 17.8. The monoisotopic (exact) mass is 1610 g/mol. The van der Waals surface area contributed by atoms with Gasteiger partial charge in [-0.05, 0) is 265 Å². The van der Waals surface area contributed by atoms with Crippen molar-refractivity contribution in [1.29, 1.82) is 0 Å². The molecule has 23 nitrogen and oxygen atoms in total. The summed E-state index contributed by atoms with van der Waals surface area (Å²) in [6.07, 6.45) is 3.62. The van der Waals surface area contributed by atoms with Crippen molar-refractivity contribution in [3.8, 4) is 0 Å². The number of carbonyl (C=O) groups excluding carboxylic acids is 8. The number of aryl methyl sites for hydroxylation is 4. The van der Waals surface area contributed by atoms with Crippen molar-refractivity contribution in [2.24, 2.45) is 44.6 Å². The number of nitroso groups, excluding NO2 is 1. The van der Waals surface area contributed by atoms with Crippen LogP contribution in [0.5, 0.6) is 0 Å². The highest BCUT2D eigenvalue weighted by Crippen LogP contribution is 2.31. The van der Waals surface area contributed by atoms with Crippen LogP contribution >= 0.6 is 103 Å². The molecule has 0 spiro atoms. The van der Waals surface area contributed by atoms with E-state index in [4.69, 9.17) is 44.6 Å². The Morgan fingerprint density at radius 3 is 1.27 bits per heavy atom. The molecule has 6 aromatic rings. The summed E-state index contributed by atoms with van der Waals surface area (Å²) in [5.74, 6) is -6.11. The number of nitrogens with one attached hydrogen (secondary N) is 2. The van der Waals surface area contributed by atoms with Gasteiger partial charge in [0.25, 0.3) is 0 Å². The molecule has 6 aromatic carbocycles. The molecular formula is C60H67I3N10O13S3. The van der Waals surface area contributed by atoms with E-state index < -0.39 is 41.7 Å². The first-order valence-corrected chi connectivity index (χ1v) is 32.3. The fourth-order valence-corrected chi connectivity index (χ4v) is 9.99. The van der Waals surface area contributed by atoms with E-state index in [9.17, 15) is 52.9 Å². The maximum Gasteiger partial charge on any atom is 0.335 e. The number of carboxylic acids is 2. The van der Waals surface area contributed by atoms with Gasteiger partial charge >= 0.3 is 11.9 Å². The fourth-order valence-electron chi connectivity index (χ4n) is 6.66. The largest absolute Gasteiger partial charge is 0.480 e. The van der Waals surface area contributed by atoms with Gasteiger partial charge in [0.2, 0.25) is 41.4 Å². The lowest BCUT2D eigenvalue weighted by atomic mass is 10.1. The van der Waals surface area contributed by atoms with E-state index in [1.807, 2.05) is 76.6 Å². The maximum atomic E-state index is 12.4. The molecule has 474 valence electrons. The summed E-state index contributed by atoms with van der Waals surface area (Å²) in [6.45, 7) is 12.2. The van der Waals surface area contributed by atoms with Gasteiger partial charge in [-0.25, -0.2) is 4.79 Å². The summed E-state index contributed by atoms with van der Waals surface area (Å²) in [6, 6.07) is 28.2. The van der Waals surface area contributed by atoms with Crippen LogP contribution < -0.4 is 45.0 Å². The van der Waals surface area contributed by atoms with E-state index >= 15 is 0 Å². The second-order valence-corrected chi connectivity index (χ2v) is 24.6. The van der Waals surface area contributed by atoms with Gasteiger partial charge in [-0.3, -0.25) is 48.1 Å². The molecule has 2 unspecified atom stereocenters. The number of ketones is 1. The predicted molar refractivity (Wildman–Crippen MR) is 375 cm³/mol. The topological polar surface area (TPSA) is 433 Å². The predicted octanol–water partition coefficient (Wildman–Crippen LogP) is 9.01. The van der Waals surface area contributed by atoms with Gasteiger partial charge in [-0.2, -0.15) is 0 Å². The van der Waals surface area contributed by atoms with Crippen LogP contribution in [0, 0.1) is 43.3 Å². The van der Waals surface area contributed by atoms with E-state index in [2.05, 4.69) is 95.3 Å². The van der Waals surface area contributed by atoms with Crippen LogP contribution in [0.15, 0.2) is 134 Å². The number of aliphatic imine (C=N–C) groups is 1. The van der Waals surface area contributed by atoms with Crippen molar-refractivity contribution in [2.75, 3.05) is 24.8 Å². The summed E-state index contributed by atoms with van der Waals surface area (Å²) < 4.78 is 3.24. The molecule has 0 aliphatic heterocycles. The van der Waals surface area contributed by atoms with Gasteiger partial charge < -0.3 is 55.2 Å². The summed E-state index contributed by atoms with van der Waals surface area (Å²) in [5.41, 5.74) is 38.4. The minimum Gasteiger partial charge on any atom is -0.480 e. The van der Waals surface area contributed by atoms with E-state index in [0.29, 0.717) is 33.5 Å². The standard InChI is InChI=1S/C18H22N4O8S.2C9H11NOS.C8H7IN2O.2C8H8INO/c1-9(23)7-20-16(25)13(21-15(24)5-3-11(19)18(28)29)8-31-14-4-2-10(17(26)27)6-12(14)22-30;2*1-6-5-7(9(10)11)3-4-8(6)12-2;1-11-7-4-5(8(10)12)2-3-6(7)9;2*1-5-4-6(8(10)11)2-3-7(5)9/h2,4,6,11,13H,3,5,7-8,19H2,1H3,(H,20,25)(H,21,24)(H,26,27)(H,28,29);2*3-5H,1-2H3,(H2,10,11);2-4H,1H2,(H2,10,12);2*2-4H,1H3,(H2,10,11). The average Bonchev–Trinajstić information content (AvgIpc) is 3.70. The molecule has 0 radical (unpaired) electrons. The molecule has 0 heterocycles. The van der Waals surface area contributed by atoms with E-state index in [1.54, 1.807) is 78.1 Å². The zero-order valence-electron chi connectivity index (χ0n) is 49.2. The zero-order chi connectivity index (χ0) is 67.8. The van der Waals surface area contributed by atoms with Crippen molar-refractivity contribution in [1.82, 2.24) is 10.6 Å². The number of carboxylic acid groups (broad SMARTS) is 2. The lowest BCUT2D eigenvalue weighted by Gasteiger charge is -2.18. The third-order valence-electron chi connectivity index (χ3n) is 11.5. The molecule has 0 saturated carbocycles. The highest BCUT2D eigenvalue weighted by Gasteiger charge is 2.24.